The van der Waals surface area contributed by atoms with Crippen LogP contribution in [0.3, 0.4) is 0 Å². The van der Waals surface area contributed by atoms with Crippen molar-refractivity contribution in [3.8, 4) is 11.5 Å². The first-order valence-electron chi connectivity index (χ1n) is 10.5. The van der Waals surface area contributed by atoms with Crippen molar-refractivity contribution >= 4 is 0 Å². The molecule has 6 heteroatoms. The van der Waals surface area contributed by atoms with Gasteiger partial charge in [0.2, 0.25) is 0 Å². The second-order valence-electron chi connectivity index (χ2n) is 7.40. The van der Waals surface area contributed by atoms with E-state index in [0.717, 1.165) is 37.4 Å². The summed E-state index contributed by atoms with van der Waals surface area (Å²) in [7, 11) is 6.58. The van der Waals surface area contributed by atoms with Crippen molar-refractivity contribution < 1.29 is 23.8 Å². The summed E-state index contributed by atoms with van der Waals surface area (Å²) in [4.78, 5) is 3.75. The van der Waals surface area contributed by atoms with Crippen molar-refractivity contribution in [1.82, 2.24) is 0 Å². The van der Waals surface area contributed by atoms with Gasteiger partial charge in [-0.2, -0.15) is 0 Å². The normalized spacial score (nSPS) is 12.4. The molecule has 0 aliphatic carbocycles. The molecule has 6 nitrogen and oxygen atoms in total. The highest BCUT2D eigenvalue weighted by Gasteiger charge is 2.25. The first-order valence-corrected chi connectivity index (χ1v) is 10.5. The van der Waals surface area contributed by atoms with Crippen LogP contribution in [0.15, 0.2) is 18.2 Å². The largest absolute Gasteiger partial charge is 0.493 e. The molecule has 2 atom stereocenters. The van der Waals surface area contributed by atoms with Gasteiger partial charge >= 0.3 is 0 Å². The van der Waals surface area contributed by atoms with Crippen LogP contribution in [-0.2, 0) is 14.3 Å². The molecule has 1 unspecified atom stereocenters. The number of hydrogen-bond donors (Lipinski definition) is 1. The predicted molar refractivity (Wildman–Crippen MR) is 125 cm³/mol. The number of hydrogen-bond acceptors (Lipinski definition) is 6. The molecule has 1 aromatic carbocycles. The Morgan fingerprint density at radius 3 is 2.00 bits per heavy atom. The highest BCUT2D eigenvalue weighted by molar-refractivity contribution is 5.44. The zero-order valence-corrected chi connectivity index (χ0v) is 19.5. The van der Waals surface area contributed by atoms with E-state index in [1.807, 2.05) is 6.07 Å². The van der Waals surface area contributed by atoms with Gasteiger partial charge in [-0.05, 0) is 54.7 Å². The Bertz CT molecular complexity index is 510. The predicted octanol–water partition coefficient (Wildman–Crippen LogP) is 5.45. The fourth-order valence-corrected chi connectivity index (χ4v) is 3.67. The fourth-order valence-electron chi connectivity index (χ4n) is 3.67. The molecular formula is C24H47NO5. The van der Waals surface area contributed by atoms with E-state index >= 15 is 0 Å². The average Bonchev–Trinajstić information content (AvgIpc) is 2.71. The summed E-state index contributed by atoms with van der Waals surface area (Å²) in [5, 5.41) is 0. The van der Waals surface area contributed by atoms with Crippen molar-refractivity contribution in [1.29, 1.82) is 0 Å². The molecule has 0 heterocycles. The number of benzene rings is 1. The minimum absolute atomic E-state index is 0. The molecular weight excluding hydrogens is 382 g/mol. The molecule has 178 valence electrons. The molecule has 1 rings (SSSR count). The molecule has 0 fully saturated rings. The fraction of sp³-hybridized carbons (Fsp3) is 0.750. The number of rotatable bonds is 14. The molecule has 0 saturated heterocycles. The zero-order valence-electron chi connectivity index (χ0n) is 19.5. The molecule has 0 aromatic heterocycles. The van der Waals surface area contributed by atoms with Crippen molar-refractivity contribution in [3.05, 3.63) is 23.8 Å². The van der Waals surface area contributed by atoms with Crippen LogP contribution < -0.4 is 15.4 Å². The minimum atomic E-state index is 0. The van der Waals surface area contributed by atoms with Crippen LogP contribution in [0, 0.1) is 11.8 Å². The average molecular weight is 430 g/mol. The van der Waals surface area contributed by atoms with E-state index in [1.54, 1.807) is 21.3 Å². The van der Waals surface area contributed by atoms with E-state index in [1.165, 1.54) is 19.1 Å². The van der Waals surface area contributed by atoms with Crippen LogP contribution in [0.1, 0.15) is 65.4 Å². The Balaban J connectivity index is 0. The minimum Gasteiger partial charge on any atom is -0.493 e. The van der Waals surface area contributed by atoms with Crippen LogP contribution in [0.5, 0.6) is 11.5 Å². The van der Waals surface area contributed by atoms with E-state index in [4.69, 9.17) is 18.9 Å². The van der Waals surface area contributed by atoms with E-state index in [2.05, 4.69) is 43.6 Å². The van der Waals surface area contributed by atoms with Crippen LogP contribution in [-0.4, -0.2) is 48.3 Å². The second kappa shape index (κ2) is 19.6. The first-order chi connectivity index (χ1) is 14.0. The molecule has 0 aliphatic rings. The third-order valence-electron chi connectivity index (χ3n) is 5.07. The summed E-state index contributed by atoms with van der Waals surface area (Å²) in [6.45, 7) is 9.09. The third-order valence-corrected chi connectivity index (χ3v) is 5.07. The van der Waals surface area contributed by atoms with Gasteiger partial charge in [-0.1, -0.05) is 34.3 Å². The Hall–Kier alpha value is -1.34. The Morgan fingerprint density at radius 2 is 1.50 bits per heavy atom. The molecule has 0 amide bonds. The lowest BCUT2D eigenvalue weighted by atomic mass is 9.75. The quantitative estimate of drug-likeness (QED) is 0.313. The summed E-state index contributed by atoms with van der Waals surface area (Å²) < 4.78 is 21.8. The number of methoxy groups -OCH3 is 3. The van der Waals surface area contributed by atoms with Gasteiger partial charge in [0.1, 0.15) is 0 Å². The van der Waals surface area contributed by atoms with Gasteiger partial charge in [-0.3, -0.25) is 0 Å². The van der Waals surface area contributed by atoms with Crippen LogP contribution in [0.2, 0.25) is 0 Å². The smallest absolute Gasteiger partial charge is 0.161 e. The standard InChI is InChI=1S/C22H38O4.CH5NO.CH4/c1-7-19(20(17(2)3)10-8-13-23-4)18-11-12-21(25-6)22(16-18)26-15-9-14-24-5;1-3-2;/h11-12,16-17,19-20H,7-10,13-15H2,1-6H3;2H2,1H3;1H4/t19-,20?;;/m0../s1. The molecule has 0 aliphatic heterocycles. The van der Waals surface area contributed by atoms with Gasteiger partial charge in [0.25, 0.3) is 0 Å². The zero-order chi connectivity index (χ0) is 22.1. The maximum absolute atomic E-state index is 5.98. The number of nitrogens with two attached hydrogens (primary N) is 1. The van der Waals surface area contributed by atoms with Gasteiger partial charge < -0.3 is 23.8 Å². The molecule has 2 N–H and O–H groups in total. The summed E-state index contributed by atoms with van der Waals surface area (Å²) >= 11 is 0. The lowest BCUT2D eigenvalue weighted by molar-refractivity contribution is 0.170. The maximum Gasteiger partial charge on any atom is 0.161 e. The monoisotopic (exact) mass is 429 g/mol. The topological polar surface area (TPSA) is 72.2 Å². The van der Waals surface area contributed by atoms with E-state index in [-0.39, 0.29) is 7.43 Å². The molecule has 0 radical (unpaired) electrons. The van der Waals surface area contributed by atoms with Crippen molar-refractivity contribution in [2.75, 3.05) is 48.3 Å². The SMILES string of the molecule is C.CC[C@@H](c1ccc(OC)c(OCCCOC)c1)C(CCCOC)C(C)C.CON. The second-order valence-corrected chi connectivity index (χ2v) is 7.40. The first kappa shape index (κ1) is 30.9. The van der Waals surface area contributed by atoms with E-state index in [0.29, 0.717) is 31.0 Å². The lowest BCUT2D eigenvalue weighted by Crippen LogP contribution is -2.19. The summed E-state index contributed by atoms with van der Waals surface area (Å²) in [6.07, 6.45) is 4.27. The molecule has 0 bridgehead atoms. The van der Waals surface area contributed by atoms with Gasteiger partial charge in [-0.25, -0.2) is 5.90 Å². The van der Waals surface area contributed by atoms with Crippen LogP contribution in [0.4, 0.5) is 0 Å². The van der Waals surface area contributed by atoms with Crippen molar-refractivity contribution in [3.63, 3.8) is 0 Å². The molecule has 0 spiro atoms. The van der Waals surface area contributed by atoms with Gasteiger partial charge in [0, 0.05) is 33.9 Å². The molecule has 0 saturated carbocycles. The third kappa shape index (κ3) is 11.7. The van der Waals surface area contributed by atoms with Crippen molar-refractivity contribution in [2.45, 2.75) is 59.8 Å². The van der Waals surface area contributed by atoms with Gasteiger partial charge in [0.05, 0.1) is 20.8 Å². The van der Waals surface area contributed by atoms with Crippen LogP contribution in [0.25, 0.3) is 0 Å². The molecule has 30 heavy (non-hydrogen) atoms. The van der Waals surface area contributed by atoms with Crippen LogP contribution >= 0.6 is 0 Å². The van der Waals surface area contributed by atoms with E-state index < -0.39 is 0 Å². The number of ether oxygens (including phenoxy) is 4. The summed E-state index contributed by atoms with van der Waals surface area (Å²) in [5.41, 5.74) is 1.34. The highest BCUT2D eigenvalue weighted by atomic mass is 16.6. The summed E-state index contributed by atoms with van der Waals surface area (Å²) in [6, 6.07) is 6.41. The summed E-state index contributed by atoms with van der Waals surface area (Å²) in [5.74, 6) is 7.74. The lowest BCUT2D eigenvalue weighted by Gasteiger charge is -2.30. The van der Waals surface area contributed by atoms with Gasteiger partial charge in [-0.15, -0.1) is 0 Å². The van der Waals surface area contributed by atoms with Crippen molar-refractivity contribution in [2.24, 2.45) is 17.7 Å². The Morgan fingerprint density at radius 1 is 0.900 bits per heavy atom. The highest BCUT2D eigenvalue weighted by Crippen LogP contribution is 2.39. The van der Waals surface area contributed by atoms with Gasteiger partial charge in [0.15, 0.2) is 11.5 Å². The van der Waals surface area contributed by atoms with E-state index in [9.17, 15) is 0 Å². The Labute approximate surface area is 185 Å². The Kier molecular flexibility index (Phi) is 20.2. The maximum atomic E-state index is 5.98. The molecule has 1 aromatic rings.